The van der Waals surface area contributed by atoms with Crippen LogP contribution >= 0.6 is 31.9 Å². The molecule has 1 nitrogen and oxygen atoms in total. The standard InChI is InChI=1S/C11H17Br2N/c12-6-5-8-7-14-11-4-2-9(13)1-3-10(8)11/h7,9-11,14H,1-6H2. The van der Waals surface area contributed by atoms with E-state index in [0.29, 0.717) is 0 Å². The van der Waals surface area contributed by atoms with Gasteiger partial charge < -0.3 is 5.32 Å². The van der Waals surface area contributed by atoms with Crippen molar-refractivity contribution in [1.29, 1.82) is 0 Å². The average molecular weight is 323 g/mol. The molecule has 0 spiro atoms. The molecule has 0 amide bonds. The first-order valence-corrected chi connectivity index (χ1v) is 7.50. The maximum Gasteiger partial charge on any atom is 0.0322 e. The van der Waals surface area contributed by atoms with E-state index >= 15 is 0 Å². The van der Waals surface area contributed by atoms with Crippen molar-refractivity contribution < 1.29 is 0 Å². The molecule has 1 aliphatic heterocycles. The molecule has 0 aromatic rings. The summed E-state index contributed by atoms with van der Waals surface area (Å²) >= 11 is 7.28. The van der Waals surface area contributed by atoms with Gasteiger partial charge in [0.25, 0.3) is 0 Å². The topological polar surface area (TPSA) is 12.0 Å². The molecule has 2 rings (SSSR count). The van der Waals surface area contributed by atoms with Gasteiger partial charge in [0.2, 0.25) is 0 Å². The van der Waals surface area contributed by atoms with Gasteiger partial charge >= 0.3 is 0 Å². The van der Waals surface area contributed by atoms with E-state index in [9.17, 15) is 0 Å². The lowest BCUT2D eigenvalue weighted by atomic mass is 9.89. The van der Waals surface area contributed by atoms with Crippen molar-refractivity contribution >= 4 is 31.9 Å². The first kappa shape index (κ1) is 11.0. The quantitative estimate of drug-likeness (QED) is 0.766. The second kappa shape index (κ2) is 5.02. The van der Waals surface area contributed by atoms with Crippen LogP contribution in [0.4, 0.5) is 0 Å². The Morgan fingerprint density at radius 1 is 1.29 bits per heavy atom. The molecule has 1 heterocycles. The molecule has 14 heavy (non-hydrogen) atoms. The minimum absolute atomic E-state index is 0.728. The van der Waals surface area contributed by atoms with E-state index in [-0.39, 0.29) is 0 Å². The Morgan fingerprint density at radius 3 is 2.86 bits per heavy atom. The van der Waals surface area contributed by atoms with Crippen LogP contribution in [0.1, 0.15) is 32.1 Å². The molecule has 0 bridgehead atoms. The molecule has 80 valence electrons. The van der Waals surface area contributed by atoms with Crippen LogP contribution in [0.15, 0.2) is 11.8 Å². The van der Waals surface area contributed by atoms with Crippen molar-refractivity contribution in [3.63, 3.8) is 0 Å². The van der Waals surface area contributed by atoms with Crippen LogP contribution in [0.3, 0.4) is 0 Å². The maximum atomic E-state index is 3.75. The molecule has 1 N–H and O–H groups in total. The molecule has 3 heteroatoms. The number of rotatable bonds is 2. The van der Waals surface area contributed by atoms with Crippen LogP contribution in [-0.2, 0) is 0 Å². The lowest BCUT2D eigenvalue weighted by molar-refractivity contribution is 0.440. The van der Waals surface area contributed by atoms with Crippen LogP contribution in [-0.4, -0.2) is 16.2 Å². The smallest absolute Gasteiger partial charge is 0.0322 e. The molecule has 3 unspecified atom stereocenters. The summed E-state index contributed by atoms with van der Waals surface area (Å²) in [7, 11) is 0. The van der Waals surface area contributed by atoms with Crippen molar-refractivity contribution in [2.75, 3.05) is 5.33 Å². The zero-order valence-corrected chi connectivity index (χ0v) is 11.5. The van der Waals surface area contributed by atoms with E-state index in [2.05, 4.69) is 43.4 Å². The zero-order chi connectivity index (χ0) is 9.97. The predicted octanol–water partition coefficient (Wildman–Crippen LogP) is 3.58. The molecule has 0 radical (unpaired) electrons. The first-order chi connectivity index (χ1) is 6.81. The fourth-order valence-corrected chi connectivity index (χ4v) is 3.59. The van der Waals surface area contributed by atoms with Gasteiger partial charge in [0.15, 0.2) is 0 Å². The van der Waals surface area contributed by atoms with Gasteiger partial charge in [0.05, 0.1) is 0 Å². The lowest BCUT2D eigenvalue weighted by Gasteiger charge is -2.19. The second-order valence-electron chi connectivity index (χ2n) is 4.29. The van der Waals surface area contributed by atoms with Gasteiger partial charge in [-0.2, -0.15) is 0 Å². The number of hydrogen-bond acceptors (Lipinski definition) is 1. The summed E-state index contributed by atoms with van der Waals surface area (Å²) < 4.78 is 0. The van der Waals surface area contributed by atoms with Gasteiger partial charge in [0, 0.05) is 22.1 Å². The average Bonchev–Trinajstić information content (AvgIpc) is 2.45. The van der Waals surface area contributed by atoms with E-state index in [1.165, 1.54) is 32.1 Å². The molecule has 2 aliphatic rings. The van der Waals surface area contributed by atoms with Crippen LogP contribution in [0.25, 0.3) is 0 Å². The van der Waals surface area contributed by atoms with Crippen molar-refractivity contribution in [2.45, 2.75) is 43.0 Å². The molecule has 3 atom stereocenters. The van der Waals surface area contributed by atoms with E-state index in [4.69, 9.17) is 0 Å². The number of fused-ring (bicyclic) bond motifs is 1. The highest BCUT2D eigenvalue weighted by atomic mass is 79.9. The van der Waals surface area contributed by atoms with Gasteiger partial charge in [-0.1, -0.05) is 31.9 Å². The Labute approximate surface area is 103 Å². The fourth-order valence-electron chi connectivity index (χ4n) is 2.60. The molecule has 1 fully saturated rings. The third-order valence-corrected chi connectivity index (χ3v) is 4.72. The third-order valence-electron chi connectivity index (χ3n) is 3.41. The number of alkyl halides is 2. The van der Waals surface area contributed by atoms with E-state index in [1.54, 1.807) is 5.57 Å². The monoisotopic (exact) mass is 321 g/mol. The van der Waals surface area contributed by atoms with Crippen molar-refractivity contribution in [1.82, 2.24) is 5.32 Å². The summed E-state index contributed by atoms with van der Waals surface area (Å²) in [5.41, 5.74) is 1.63. The minimum Gasteiger partial charge on any atom is -0.388 e. The van der Waals surface area contributed by atoms with Gasteiger partial charge in [-0.15, -0.1) is 0 Å². The molecule has 1 saturated carbocycles. The van der Waals surface area contributed by atoms with Crippen LogP contribution in [0, 0.1) is 5.92 Å². The minimum atomic E-state index is 0.728. The molecule has 0 saturated heterocycles. The SMILES string of the molecule is BrCCC1=CNC2CCC(Br)CCC12. The summed E-state index contributed by atoms with van der Waals surface area (Å²) in [6.45, 7) is 0. The molecular formula is C11H17Br2N. The number of halogens is 2. The van der Waals surface area contributed by atoms with E-state index < -0.39 is 0 Å². The highest BCUT2D eigenvalue weighted by Crippen LogP contribution is 2.36. The van der Waals surface area contributed by atoms with Gasteiger partial charge in [-0.05, 0) is 43.9 Å². The van der Waals surface area contributed by atoms with E-state index in [0.717, 1.165) is 22.1 Å². The summed E-state index contributed by atoms with van der Waals surface area (Å²) in [6.07, 6.45) is 8.81. The lowest BCUT2D eigenvalue weighted by Crippen LogP contribution is -2.26. The summed E-state index contributed by atoms with van der Waals surface area (Å²) in [4.78, 5) is 0.750. The Kier molecular flexibility index (Phi) is 3.94. The molecule has 1 aliphatic carbocycles. The van der Waals surface area contributed by atoms with Gasteiger partial charge in [-0.3, -0.25) is 0 Å². The van der Waals surface area contributed by atoms with Crippen LogP contribution in [0.2, 0.25) is 0 Å². The normalized spacial score (nSPS) is 37.0. The second-order valence-corrected chi connectivity index (χ2v) is 6.38. The van der Waals surface area contributed by atoms with Crippen LogP contribution in [0.5, 0.6) is 0 Å². The van der Waals surface area contributed by atoms with Crippen LogP contribution < -0.4 is 5.32 Å². The maximum absolute atomic E-state index is 3.75. The molecule has 0 aromatic carbocycles. The Morgan fingerprint density at radius 2 is 2.07 bits per heavy atom. The number of hydrogen-bond donors (Lipinski definition) is 1. The van der Waals surface area contributed by atoms with Crippen molar-refractivity contribution in [2.24, 2.45) is 5.92 Å². The largest absolute Gasteiger partial charge is 0.388 e. The van der Waals surface area contributed by atoms with Crippen molar-refractivity contribution in [3.8, 4) is 0 Å². The van der Waals surface area contributed by atoms with Gasteiger partial charge in [0.1, 0.15) is 0 Å². The third kappa shape index (κ3) is 2.35. The van der Waals surface area contributed by atoms with E-state index in [1.807, 2.05) is 0 Å². The predicted molar refractivity (Wildman–Crippen MR) is 68.1 cm³/mol. The Balaban J connectivity index is 1.99. The molecular weight excluding hydrogens is 306 g/mol. The fraction of sp³-hybridized carbons (Fsp3) is 0.818. The first-order valence-electron chi connectivity index (χ1n) is 5.46. The summed E-state index contributed by atoms with van der Waals surface area (Å²) in [6, 6.07) is 0.728. The van der Waals surface area contributed by atoms with Gasteiger partial charge in [-0.25, -0.2) is 0 Å². The Bertz CT molecular complexity index is 227. The Hall–Kier alpha value is 0.500. The highest BCUT2D eigenvalue weighted by molar-refractivity contribution is 9.09. The summed E-state index contributed by atoms with van der Waals surface area (Å²) in [5, 5.41) is 4.65. The zero-order valence-electron chi connectivity index (χ0n) is 8.31. The summed E-state index contributed by atoms with van der Waals surface area (Å²) in [5.74, 6) is 0.815. The number of nitrogens with one attached hydrogen (secondary N) is 1. The van der Waals surface area contributed by atoms with Crippen molar-refractivity contribution in [3.05, 3.63) is 11.8 Å². The molecule has 0 aromatic heterocycles. The highest BCUT2D eigenvalue weighted by Gasteiger charge is 2.31.